The Kier molecular flexibility index (Phi) is 2.95. The summed E-state index contributed by atoms with van der Waals surface area (Å²) < 4.78 is 0. The SMILES string of the molecule is ClC1=NC(Cl)(c2ccc(Cl)cc2)N=C1Cl. The highest BCUT2D eigenvalue weighted by atomic mass is 35.5. The van der Waals surface area contributed by atoms with Crippen molar-refractivity contribution in [2.24, 2.45) is 9.98 Å². The Bertz CT molecular complexity index is 432. The highest BCUT2D eigenvalue weighted by Crippen LogP contribution is 2.37. The number of hydrogen-bond donors (Lipinski definition) is 0. The number of benzene rings is 1. The second-order valence-electron chi connectivity index (χ2n) is 2.90. The molecule has 2 nitrogen and oxygen atoms in total. The molecule has 0 radical (unpaired) electrons. The smallest absolute Gasteiger partial charge is 0.220 e. The van der Waals surface area contributed by atoms with Gasteiger partial charge in [-0.2, -0.15) is 0 Å². The summed E-state index contributed by atoms with van der Waals surface area (Å²) in [6.45, 7) is 0. The van der Waals surface area contributed by atoms with E-state index in [-0.39, 0.29) is 10.3 Å². The van der Waals surface area contributed by atoms with Crippen LogP contribution in [-0.2, 0) is 5.12 Å². The lowest BCUT2D eigenvalue weighted by Crippen LogP contribution is -2.09. The summed E-state index contributed by atoms with van der Waals surface area (Å²) in [6.07, 6.45) is 0. The fourth-order valence-electron chi connectivity index (χ4n) is 1.17. The molecule has 1 aromatic rings. The normalized spacial score (nSPS) is 18.7. The molecule has 0 spiro atoms. The van der Waals surface area contributed by atoms with Gasteiger partial charge in [-0.3, -0.25) is 0 Å². The van der Waals surface area contributed by atoms with Gasteiger partial charge in [-0.15, -0.1) is 0 Å². The Hall–Kier alpha value is -0.280. The van der Waals surface area contributed by atoms with E-state index in [1.165, 1.54) is 0 Å². The maximum absolute atomic E-state index is 6.15. The molecule has 1 aliphatic rings. The number of halogens is 4. The molecule has 78 valence electrons. The van der Waals surface area contributed by atoms with Crippen LogP contribution in [-0.4, -0.2) is 10.3 Å². The molecule has 0 fully saturated rings. The number of alkyl halides is 1. The summed E-state index contributed by atoms with van der Waals surface area (Å²) >= 11 is 23.3. The second kappa shape index (κ2) is 3.95. The van der Waals surface area contributed by atoms with Crippen molar-refractivity contribution in [1.29, 1.82) is 0 Å². The fourth-order valence-corrected chi connectivity index (χ4v) is 2.01. The van der Waals surface area contributed by atoms with Crippen molar-refractivity contribution in [3.8, 4) is 0 Å². The zero-order valence-corrected chi connectivity index (χ0v) is 10.2. The van der Waals surface area contributed by atoms with Crippen molar-refractivity contribution in [3.05, 3.63) is 34.9 Å². The van der Waals surface area contributed by atoms with Gasteiger partial charge >= 0.3 is 0 Å². The van der Waals surface area contributed by atoms with Gasteiger partial charge in [0.05, 0.1) is 0 Å². The van der Waals surface area contributed by atoms with Crippen LogP contribution in [0, 0.1) is 0 Å². The van der Waals surface area contributed by atoms with Crippen molar-refractivity contribution in [1.82, 2.24) is 0 Å². The largest absolute Gasteiger partial charge is 0.255 e. The van der Waals surface area contributed by atoms with Gasteiger partial charge in [-0.05, 0) is 12.1 Å². The van der Waals surface area contributed by atoms with E-state index in [2.05, 4.69) is 9.98 Å². The third-order valence-corrected chi connectivity index (χ3v) is 3.14. The van der Waals surface area contributed by atoms with Crippen LogP contribution in [0.1, 0.15) is 5.56 Å². The molecule has 0 unspecified atom stereocenters. The number of rotatable bonds is 1. The summed E-state index contributed by atoms with van der Waals surface area (Å²) in [6, 6.07) is 6.85. The van der Waals surface area contributed by atoms with Gasteiger partial charge in [-0.25, -0.2) is 9.98 Å². The average Bonchev–Trinajstić information content (AvgIpc) is 2.43. The molecule has 2 rings (SSSR count). The van der Waals surface area contributed by atoms with Crippen molar-refractivity contribution >= 4 is 56.7 Å². The van der Waals surface area contributed by atoms with Crippen molar-refractivity contribution < 1.29 is 0 Å². The van der Waals surface area contributed by atoms with E-state index in [4.69, 9.17) is 46.4 Å². The molecule has 1 aliphatic heterocycles. The minimum Gasteiger partial charge on any atom is -0.220 e. The lowest BCUT2D eigenvalue weighted by atomic mass is 10.2. The lowest BCUT2D eigenvalue weighted by Gasteiger charge is -2.14. The maximum Gasteiger partial charge on any atom is 0.255 e. The van der Waals surface area contributed by atoms with Crippen molar-refractivity contribution in [2.45, 2.75) is 5.12 Å². The Balaban J connectivity index is 2.45. The molecule has 0 saturated heterocycles. The fraction of sp³-hybridized carbons (Fsp3) is 0.111. The highest BCUT2D eigenvalue weighted by molar-refractivity contribution is 7.01. The van der Waals surface area contributed by atoms with Gasteiger partial charge in [0, 0.05) is 10.6 Å². The maximum atomic E-state index is 6.15. The van der Waals surface area contributed by atoms with Crippen LogP contribution in [0.4, 0.5) is 0 Å². The summed E-state index contributed by atoms with van der Waals surface area (Å²) in [5, 5.41) is -0.413. The van der Waals surface area contributed by atoms with Crippen LogP contribution in [0.15, 0.2) is 34.3 Å². The Morgan fingerprint density at radius 2 is 1.33 bits per heavy atom. The molecule has 1 heterocycles. The van der Waals surface area contributed by atoms with E-state index in [0.717, 1.165) is 0 Å². The quantitative estimate of drug-likeness (QED) is 0.550. The van der Waals surface area contributed by atoms with Crippen LogP contribution < -0.4 is 0 Å². The van der Waals surface area contributed by atoms with Gasteiger partial charge < -0.3 is 0 Å². The first-order chi connectivity index (χ1) is 7.01. The number of aliphatic imine (C=N–C) groups is 2. The minimum atomic E-state index is -1.25. The van der Waals surface area contributed by atoms with E-state index in [1.807, 2.05) is 0 Å². The van der Waals surface area contributed by atoms with Gasteiger partial charge in [0.25, 0.3) is 5.12 Å². The van der Waals surface area contributed by atoms with E-state index >= 15 is 0 Å². The predicted octanol–water partition coefficient (Wildman–Crippen LogP) is 3.98. The first-order valence-electron chi connectivity index (χ1n) is 3.97. The Morgan fingerprint density at radius 3 is 1.80 bits per heavy atom. The van der Waals surface area contributed by atoms with E-state index in [0.29, 0.717) is 10.6 Å². The topological polar surface area (TPSA) is 24.7 Å². The summed E-state index contributed by atoms with van der Waals surface area (Å²) in [5.74, 6) is 0. The lowest BCUT2D eigenvalue weighted by molar-refractivity contribution is 0.705. The highest BCUT2D eigenvalue weighted by Gasteiger charge is 2.34. The Morgan fingerprint density at radius 1 is 0.867 bits per heavy atom. The zero-order valence-electron chi connectivity index (χ0n) is 7.22. The molecule has 0 N–H and O–H groups in total. The minimum absolute atomic E-state index is 0.113. The summed E-state index contributed by atoms with van der Waals surface area (Å²) in [4.78, 5) is 7.94. The van der Waals surface area contributed by atoms with Crippen LogP contribution >= 0.6 is 46.4 Å². The van der Waals surface area contributed by atoms with Gasteiger partial charge in [0.2, 0.25) is 0 Å². The van der Waals surface area contributed by atoms with Crippen LogP contribution in [0.5, 0.6) is 0 Å². The first kappa shape index (κ1) is 11.2. The summed E-state index contributed by atoms with van der Waals surface area (Å²) in [5.41, 5.74) is 0.669. The van der Waals surface area contributed by atoms with Crippen molar-refractivity contribution in [3.63, 3.8) is 0 Å². The molecule has 15 heavy (non-hydrogen) atoms. The number of hydrogen-bond acceptors (Lipinski definition) is 2. The zero-order chi connectivity index (χ0) is 11.1. The third-order valence-electron chi connectivity index (χ3n) is 1.87. The summed E-state index contributed by atoms with van der Waals surface area (Å²) in [7, 11) is 0. The molecule has 0 aromatic heterocycles. The molecule has 6 heteroatoms. The molecule has 1 aromatic carbocycles. The molecule has 0 saturated carbocycles. The first-order valence-corrected chi connectivity index (χ1v) is 5.48. The van der Waals surface area contributed by atoms with Gasteiger partial charge in [0.15, 0.2) is 10.3 Å². The van der Waals surface area contributed by atoms with Crippen LogP contribution in [0.2, 0.25) is 5.02 Å². The second-order valence-corrected chi connectivity index (χ2v) is 4.58. The van der Waals surface area contributed by atoms with Crippen molar-refractivity contribution in [2.75, 3.05) is 0 Å². The molecule has 0 bridgehead atoms. The van der Waals surface area contributed by atoms with Gasteiger partial charge in [-0.1, -0.05) is 58.5 Å². The van der Waals surface area contributed by atoms with Crippen LogP contribution in [0.3, 0.4) is 0 Å². The molecular formula is C9H4Cl4N2. The predicted molar refractivity (Wildman–Crippen MR) is 65.6 cm³/mol. The van der Waals surface area contributed by atoms with E-state index in [9.17, 15) is 0 Å². The molecule has 0 atom stereocenters. The average molecular weight is 282 g/mol. The third kappa shape index (κ3) is 2.13. The van der Waals surface area contributed by atoms with E-state index < -0.39 is 5.12 Å². The van der Waals surface area contributed by atoms with Crippen LogP contribution in [0.25, 0.3) is 0 Å². The monoisotopic (exact) mass is 280 g/mol. The van der Waals surface area contributed by atoms with Gasteiger partial charge in [0.1, 0.15) is 0 Å². The number of nitrogens with zero attached hydrogens (tertiary/aromatic N) is 2. The molecule has 0 aliphatic carbocycles. The molecular weight excluding hydrogens is 278 g/mol. The standard InChI is InChI=1S/C9H4Cl4N2/c10-6-3-1-5(2-4-6)9(13)14-7(11)8(12)15-9/h1-4H. The van der Waals surface area contributed by atoms with E-state index in [1.54, 1.807) is 24.3 Å². The molecule has 0 amide bonds. The Labute approximate surface area is 107 Å².